The molecular weight excluding hydrogens is 326 g/mol. The summed E-state index contributed by atoms with van der Waals surface area (Å²) in [6.07, 6.45) is 0.816. The number of hydrogen-bond donors (Lipinski definition) is 2. The number of thiophene rings is 1. The van der Waals surface area contributed by atoms with Crippen LogP contribution in [0.2, 0.25) is 0 Å². The standard InChI is InChI=1S/C17H21N3O3S/c1-12(14-5-3-6-15(11-14)20(22)23)19-13(2)17(21)18-9-8-16-7-4-10-24-16/h3-7,10-13,19H,8-9H2,1-2H3,(H,18,21). The predicted molar refractivity (Wildman–Crippen MR) is 95.1 cm³/mol. The van der Waals surface area contributed by atoms with E-state index >= 15 is 0 Å². The van der Waals surface area contributed by atoms with E-state index in [1.54, 1.807) is 24.3 Å². The van der Waals surface area contributed by atoms with Crippen LogP contribution >= 0.6 is 11.3 Å². The molecule has 0 radical (unpaired) electrons. The Labute approximate surface area is 145 Å². The molecule has 0 saturated heterocycles. The van der Waals surface area contributed by atoms with Crippen molar-refractivity contribution >= 4 is 22.9 Å². The van der Waals surface area contributed by atoms with E-state index in [1.165, 1.54) is 17.0 Å². The molecule has 1 amide bonds. The number of nitro groups is 1. The first kappa shape index (κ1) is 18.1. The van der Waals surface area contributed by atoms with Crippen LogP contribution < -0.4 is 10.6 Å². The van der Waals surface area contributed by atoms with E-state index in [9.17, 15) is 14.9 Å². The van der Waals surface area contributed by atoms with Gasteiger partial charge in [0.1, 0.15) is 0 Å². The normalized spacial score (nSPS) is 13.2. The van der Waals surface area contributed by atoms with Crippen LogP contribution in [0.15, 0.2) is 41.8 Å². The lowest BCUT2D eigenvalue weighted by atomic mass is 10.1. The topological polar surface area (TPSA) is 84.3 Å². The first-order valence-corrected chi connectivity index (χ1v) is 8.66. The molecule has 2 N–H and O–H groups in total. The van der Waals surface area contributed by atoms with E-state index in [0.29, 0.717) is 6.54 Å². The molecule has 1 aromatic heterocycles. The van der Waals surface area contributed by atoms with Crippen molar-refractivity contribution in [1.29, 1.82) is 0 Å². The van der Waals surface area contributed by atoms with Crippen molar-refractivity contribution in [1.82, 2.24) is 10.6 Å². The van der Waals surface area contributed by atoms with Crippen molar-refractivity contribution in [2.75, 3.05) is 6.54 Å². The molecule has 1 aromatic carbocycles. The summed E-state index contributed by atoms with van der Waals surface area (Å²) in [4.78, 5) is 23.8. The highest BCUT2D eigenvalue weighted by molar-refractivity contribution is 7.09. The summed E-state index contributed by atoms with van der Waals surface area (Å²) in [6, 6.07) is 9.93. The Morgan fingerprint density at radius 2 is 2.08 bits per heavy atom. The van der Waals surface area contributed by atoms with E-state index in [4.69, 9.17) is 0 Å². The third kappa shape index (κ3) is 5.14. The third-order valence-electron chi connectivity index (χ3n) is 3.73. The molecular formula is C17H21N3O3S. The number of carbonyl (C=O) groups is 1. The van der Waals surface area contributed by atoms with Gasteiger partial charge in [-0.15, -0.1) is 11.3 Å². The lowest BCUT2D eigenvalue weighted by molar-refractivity contribution is -0.384. The molecule has 0 aliphatic heterocycles. The third-order valence-corrected chi connectivity index (χ3v) is 4.66. The fourth-order valence-electron chi connectivity index (χ4n) is 2.37. The van der Waals surface area contributed by atoms with Crippen LogP contribution in [-0.2, 0) is 11.2 Å². The van der Waals surface area contributed by atoms with Crippen molar-refractivity contribution in [3.8, 4) is 0 Å². The molecule has 128 valence electrons. The van der Waals surface area contributed by atoms with Crippen molar-refractivity contribution in [2.24, 2.45) is 0 Å². The Balaban J connectivity index is 1.83. The van der Waals surface area contributed by atoms with Gasteiger partial charge in [0, 0.05) is 29.6 Å². The van der Waals surface area contributed by atoms with Gasteiger partial charge in [0.05, 0.1) is 11.0 Å². The molecule has 6 nitrogen and oxygen atoms in total. The minimum atomic E-state index is -0.420. The molecule has 0 saturated carbocycles. The van der Waals surface area contributed by atoms with Gasteiger partial charge in [-0.25, -0.2) is 0 Å². The number of nitro benzene ring substituents is 1. The van der Waals surface area contributed by atoms with E-state index in [-0.39, 0.29) is 23.7 Å². The maximum Gasteiger partial charge on any atom is 0.269 e. The van der Waals surface area contributed by atoms with Gasteiger partial charge in [0.25, 0.3) is 5.69 Å². The molecule has 2 atom stereocenters. The number of amides is 1. The van der Waals surface area contributed by atoms with Gasteiger partial charge >= 0.3 is 0 Å². The molecule has 2 rings (SSSR count). The van der Waals surface area contributed by atoms with E-state index in [2.05, 4.69) is 10.6 Å². The number of benzene rings is 1. The second-order valence-corrected chi connectivity index (χ2v) is 6.61. The molecule has 2 unspecified atom stereocenters. The first-order valence-electron chi connectivity index (χ1n) is 7.78. The lowest BCUT2D eigenvalue weighted by Crippen LogP contribution is -2.43. The first-order chi connectivity index (χ1) is 11.5. The average Bonchev–Trinajstić information content (AvgIpc) is 3.08. The molecule has 0 fully saturated rings. The molecule has 0 spiro atoms. The number of nitrogens with zero attached hydrogens (tertiary/aromatic N) is 1. The summed E-state index contributed by atoms with van der Waals surface area (Å²) < 4.78 is 0. The highest BCUT2D eigenvalue weighted by atomic mass is 32.1. The summed E-state index contributed by atoms with van der Waals surface area (Å²) >= 11 is 1.67. The molecule has 0 bridgehead atoms. The maximum absolute atomic E-state index is 12.1. The van der Waals surface area contributed by atoms with Crippen molar-refractivity contribution < 1.29 is 9.72 Å². The largest absolute Gasteiger partial charge is 0.354 e. The molecule has 0 aliphatic rings. The van der Waals surface area contributed by atoms with Gasteiger partial charge in [-0.1, -0.05) is 18.2 Å². The zero-order valence-corrected chi connectivity index (χ0v) is 14.5. The van der Waals surface area contributed by atoms with Crippen LogP contribution in [0.1, 0.15) is 30.3 Å². The van der Waals surface area contributed by atoms with E-state index < -0.39 is 4.92 Å². The Bertz CT molecular complexity index is 688. The number of carbonyl (C=O) groups excluding carboxylic acids is 1. The highest BCUT2D eigenvalue weighted by Gasteiger charge is 2.17. The lowest BCUT2D eigenvalue weighted by Gasteiger charge is -2.20. The predicted octanol–water partition coefficient (Wildman–Crippen LogP) is 3.05. The highest BCUT2D eigenvalue weighted by Crippen LogP contribution is 2.19. The molecule has 2 aromatic rings. The Kier molecular flexibility index (Phi) is 6.45. The average molecular weight is 347 g/mol. The van der Waals surface area contributed by atoms with Crippen molar-refractivity contribution in [3.63, 3.8) is 0 Å². The summed E-state index contributed by atoms with van der Waals surface area (Å²) in [6.45, 7) is 4.26. The summed E-state index contributed by atoms with van der Waals surface area (Å²) in [7, 11) is 0. The Morgan fingerprint density at radius 3 is 2.75 bits per heavy atom. The number of rotatable bonds is 8. The zero-order valence-electron chi connectivity index (χ0n) is 13.7. The van der Waals surface area contributed by atoms with Gasteiger partial charge in [0.15, 0.2) is 0 Å². The van der Waals surface area contributed by atoms with Crippen LogP contribution in [0.25, 0.3) is 0 Å². The van der Waals surface area contributed by atoms with Crippen LogP contribution in [0, 0.1) is 10.1 Å². The summed E-state index contributed by atoms with van der Waals surface area (Å²) in [5.74, 6) is -0.0798. The van der Waals surface area contributed by atoms with Crippen LogP contribution in [-0.4, -0.2) is 23.4 Å². The van der Waals surface area contributed by atoms with Crippen LogP contribution in [0.5, 0.6) is 0 Å². The second kappa shape index (κ2) is 8.56. The second-order valence-electron chi connectivity index (χ2n) is 5.58. The van der Waals surface area contributed by atoms with Gasteiger partial charge < -0.3 is 5.32 Å². The van der Waals surface area contributed by atoms with Gasteiger partial charge in [-0.3, -0.25) is 20.2 Å². The van der Waals surface area contributed by atoms with Crippen molar-refractivity contribution in [2.45, 2.75) is 32.4 Å². The zero-order chi connectivity index (χ0) is 17.5. The Hall–Kier alpha value is -2.25. The number of nitrogens with one attached hydrogen (secondary N) is 2. The van der Waals surface area contributed by atoms with Crippen LogP contribution in [0.3, 0.4) is 0 Å². The van der Waals surface area contributed by atoms with E-state index in [0.717, 1.165) is 12.0 Å². The van der Waals surface area contributed by atoms with E-state index in [1.807, 2.05) is 30.5 Å². The molecule has 7 heteroatoms. The van der Waals surface area contributed by atoms with Gasteiger partial charge in [0.2, 0.25) is 5.91 Å². The smallest absolute Gasteiger partial charge is 0.269 e. The molecule has 24 heavy (non-hydrogen) atoms. The monoisotopic (exact) mass is 347 g/mol. The van der Waals surface area contributed by atoms with Gasteiger partial charge in [-0.2, -0.15) is 0 Å². The summed E-state index contributed by atoms with van der Waals surface area (Å²) in [5.41, 5.74) is 0.830. The maximum atomic E-state index is 12.1. The minimum absolute atomic E-state index is 0.0502. The fourth-order valence-corrected chi connectivity index (χ4v) is 3.08. The van der Waals surface area contributed by atoms with Crippen molar-refractivity contribution in [3.05, 3.63) is 62.3 Å². The Morgan fingerprint density at radius 1 is 1.29 bits per heavy atom. The number of non-ortho nitro benzene ring substituents is 1. The quantitative estimate of drug-likeness (QED) is 0.568. The fraction of sp³-hybridized carbons (Fsp3) is 0.353. The summed E-state index contributed by atoms with van der Waals surface area (Å²) in [5, 5.41) is 18.9. The number of hydrogen-bond acceptors (Lipinski definition) is 5. The molecule has 1 heterocycles. The van der Waals surface area contributed by atoms with Gasteiger partial charge in [-0.05, 0) is 37.3 Å². The molecule has 0 aliphatic carbocycles. The van der Waals surface area contributed by atoms with Crippen LogP contribution in [0.4, 0.5) is 5.69 Å². The SMILES string of the molecule is CC(NC(C)c1cccc([N+](=O)[O-])c1)C(=O)NCCc1cccs1. The minimum Gasteiger partial charge on any atom is -0.354 e.